The first-order valence-corrected chi connectivity index (χ1v) is 8.59. The largest absolute Gasteiger partial charge is 0.349 e. The van der Waals surface area contributed by atoms with Gasteiger partial charge in [-0.05, 0) is 30.2 Å². The van der Waals surface area contributed by atoms with Crippen molar-refractivity contribution in [2.24, 2.45) is 5.92 Å². The minimum atomic E-state index is -0.809. The van der Waals surface area contributed by atoms with Crippen LogP contribution in [-0.2, 0) is 11.3 Å². The molecule has 1 aromatic heterocycles. The second kappa shape index (κ2) is 9.09. The van der Waals surface area contributed by atoms with Crippen molar-refractivity contribution in [1.29, 1.82) is 0 Å². The fourth-order valence-electron chi connectivity index (χ4n) is 2.34. The molecule has 2 rings (SSSR count). The zero-order chi connectivity index (χ0) is 20.0. The Morgan fingerprint density at radius 1 is 1.26 bits per heavy atom. The maximum Gasteiger partial charge on any atom is 0.288 e. The highest BCUT2D eigenvalue weighted by atomic mass is 35.5. The molecule has 1 heterocycles. The fraction of sp³-hybridized carbons (Fsp3) is 0.278. The van der Waals surface area contributed by atoms with Crippen molar-refractivity contribution in [3.05, 3.63) is 69.0 Å². The number of nitrogens with zero attached hydrogens (tertiary/aromatic N) is 2. The van der Waals surface area contributed by atoms with Crippen LogP contribution in [0.1, 0.15) is 29.9 Å². The molecule has 0 aliphatic carbocycles. The third-order valence-electron chi connectivity index (χ3n) is 3.81. The number of rotatable bonds is 7. The average molecular weight is 391 g/mol. The van der Waals surface area contributed by atoms with E-state index in [0.29, 0.717) is 5.69 Å². The van der Waals surface area contributed by atoms with Crippen molar-refractivity contribution in [1.82, 2.24) is 15.6 Å². The van der Waals surface area contributed by atoms with Gasteiger partial charge in [-0.2, -0.15) is 0 Å². The van der Waals surface area contributed by atoms with E-state index in [1.54, 1.807) is 32.2 Å². The molecule has 0 aliphatic rings. The molecular weight excluding hydrogens is 372 g/mol. The SMILES string of the molecule is CC(C)[C@@H](NC(=O)c1ccc(Cl)c([N+](=O)[O-])c1)C(=O)NCc1ccccn1. The molecule has 9 heteroatoms. The van der Waals surface area contributed by atoms with E-state index in [1.165, 1.54) is 12.1 Å². The van der Waals surface area contributed by atoms with Crippen LogP contribution in [-0.4, -0.2) is 27.8 Å². The molecular formula is C18H19ClN4O4. The van der Waals surface area contributed by atoms with Crippen LogP contribution in [0.25, 0.3) is 0 Å². The number of nitro groups is 1. The van der Waals surface area contributed by atoms with Crippen molar-refractivity contribution in [2.45, 2.75) is 26.4 Å². The number of amides is 2. The summed E-state index contributed by atoms with van der Waals surface area (Å²) in [6.07, 6.45) is 1.62. The maximum atomic E-state index is 12.5. The quantitative estimate of drug-likeness (QED) is 0.557. The topological polar surface area (TPSA) is 114 Å². The van der Waals surface area contributed by atoms with Gasteiger partial charge in [0.1, 0.15) is 11.1 Å². The lowest BCUT2D eigenvalue weighted by Crippen LogP contribution is -2.49. The van der Waals surface area contributed by atoms with E-state index in [9.17, 15) is 19.7 Å². The van der Waals surface area contributed by atoms with E-state index in [2.05, 4.69) is 15.6 Å². The number of hydrogen-bond donors (Lipinski definition) is 2. The Morgan fingerprint density at radius 3 is 2.59 bits per heavy atom. The van der Waals surface area contributed by atoms with Crippen LogP contribution < -0.4 is 10.6 Å². The van der Waals surface area contributed by atoms with Gasteiger partial charge in [-0.3, -0.25) is 24.7 Å². The Balaban J connectivity index is 2.08. The van der Waals surface area contributed by atoms with Gasteiger partial charge in [0.2, 0.25) is 5.91 Å². The summed E-state index contributed by atoms with van der Waals surface area (Å²) in [7, 11) is 0. The van der Waals surface area contributed by atoms with Crippen molar-refractivity contribution in [2.75, 3.05) is 0 Å². The summed E-state index contributed by atoms with van der Waals surface area (Å²) in [5.74, 6) is -1.16. The van der Waals surface area contributed by atoms with E-state index >= 15 is 0 Å². The maximum absolute atomic E-state index is 12.5. The highest BCUT2D eigenvalue weighted by Crippen LogP contribution is 2.25. The van der Waals surface area contributed by atoms with Crippen LogP contribution in [0.4, 0.5) is 5.69 Å². The predicted octanol–water partition coefficient (Wildman–Crippen LogP) is 2.71. The van der Waals surface area contributed by atoms with Gasteiger partial charge in [-0.25, -0.2) is 0 Å². The molecule has 0 radical (unpaired) electrons. The lowest BCUT2D eigenvalue weighted by atomic mass is 10.0. The Hall–Kier alpha value is -3.00. The summed E-state index contributed by atoms with van der Waals surface area (Å²) in [5, 5.41) is 16.3. The lowest BCUT2D eigenvalue weighted by molar-refractivity contribution is -0.384. The molecule has 0 saturated carbocycles. The molecule has 8 nitrogen and oxygen atoms in total. The summed E-state index contributed by atoms with van der Waals surface area (Å²) in [4.78, 5) is 39.4. The predicted molar refractivity (Wildman–Crippen MR) is 100 cm³/mol. The fourth-order valence-corrected chi connectivity index (χ4v) is 2.53. The van der Waals surface area contributed by atoms with Crippen LogP contribution in [0, 0.1) is 16.0 Å². The summed E-state index contributed by atoms with van der Waals surface area (Å²) in [5.41, 5.74) is 0.368. The Labute approximate surface area is 161 Å². The molecule has 0 aliphatic heterocycles. The van der Waals surface area contributed by atoms with Crippen molar-refractivity contribution >= 4 is 29.1 Å². The number of nitro benzene ring substituents is 1. The first-order valence-electron chi connectivity index (χ1n) is 8.22. The van der Waals surface area contributed by atoms with Gasteiger partial charge in [0, 0.05) is 17.8 Å². The van der Waals surface area contributed by atoms with Gasteiger partial charge in [0.05, 0.1) is 17.2 Å². The Morgan fingerprint density at radius 2 is 2.00 bits per heavy atom. The van der Waals surface area contributed by atoms with Gasteiger partial charge in [0.15, 0.2) is 0 Å². The molecule has 2 N–H and O–H groups in total. The number of benzene rings is 1. The highest BCUT2D eigenvalue weighted by Gasteiger charge is 2.25. The first-order chi connectivity index (χ1) is 12.8. The van der Waals surface area contributed by atoms with Crippen molar-refractivity contribution in [3.8, 4) is 0 Å². The van der Waals surface area contributed by atoms with E-state index in [1.807, 2.05) is 6.07 Å². The summed E-state index contributed by atoms with van der Waals surface area (Å²) in [6, 6.07) is 8.28. The van der Waals surface area contributed by atoms with Gasteiger partial charge in [-0.1, -0.05) is 31.5 Å². The molecule has 142 valence electrons. The zero-order valence-corrected chi connectivity index (χ0v) is 15.6. The standard InChI is InChI=1S/C18H19ClN4O4/c1-11(2)16(18(25)21-10-13-5-3-4-8-20-13)22-17(24)12-6-7-14(19)15(9-12)23(26)27/h3-9,11,16H,10H2,1-2H3,(H,21,25)(H,22,24)/t16-/m1/s1. The number of aromatic nitrogens is 1. The van der Waals surface area contributed by atoms with Crippen LogP contribution in [0.3, 0.4) is 0 Å². The lowest BCUT2D eigenvalue weighted by Gasteiger charge is -2.21. The van der Waals surface area contributed by atoms with Gasteiger partial charge >= 0.3 is 0 Å². The number of pyridine rings is 1. The number of halogens is 1. The van der Waals surface area contributed by atoms with Gasteiger partial charge in [-0.15, -0.1) is 0 Å². The minimum absolute atomic E-state index is 0.0503. The van der Waals surface area contributed by atoms with E-state index in [-0.39, 0.29) is 34.6 Å². The normalized spacial score (nSPS) is 11.7. The molecule has 0 spiro atoms. The number of nitrogens with one attached hydrogen (secondary N) is 2. The monoisotopic (exact) mass is 390 g/mol. The van der Waals surface area contributed by atoms with Crippen LogP contribution in [0.2, 0.25) is 5.02 Å². The number of hydrogen-bond acceptors (Lipinski definition) is 5. The smallest absolute Gasteiger partial charge is 0.288 e. The Bertz CT molecular complexity index is 843. The second-order valence-corrected chi connectivity index (χ2v) is 6.56. The van der Waals surface area contributed by atoms with Crippen molar-refractivity contribution < 1.29 is 14.5 Å². The third kappa shape index (κ3) is 5.49. The molecule has 0 fully saturated rings. The van der Waals surface area contributed by atoms with E-state index in [0.717, 1.165) is 6.07 Å². The first kappa shape index (κ1) is 20.3. The number of carbonyl (C=O) groups is 2. The molecule has 0 bridgehead atoms. The molecule has 1 atom stereocenters. The molecule has 0 saturated heterocycles. The summed E-state index contributed by atoms with van der Waals surface area (Å²) in [6.45, 7) is 3.80. The Kier molecular flexibility index (Phi) is 6.84. The highest BCUT2D eigenvalue weighted by molar-refractivity contribution is 6.32. The van der Waals surface area contributed by atoms with E-state index < -0.39 is 16.9 Å². The molecule has 2 aromatic rings. The van der Waals surface area contributed by atoms with Crippen LogP contribution in [0.15, 0.2) is 42.6 Å². The average Bonchev–Trinajstić information content (AvgIpc) is 2.64. The molecule has 2 amide bonds. The third-order valence-corrected chi connectivity index (χ3v) is 4.13. The molecule has 1 aromatic carbocycles. The second-order valence-electron chi connectivity index (χ2n) is 6.16. The molecule has 27 heavy (non-hydrogen) atoms. The van der Waals surface area contributed by atoms with Crippen LogP contribution in [0.5, 0.6) is 0 Å². The van der Waals surface area contributed by atoms with Crippen molar-refractivity contribution in [3.63, 3.8) is 0 Å². The van der Waals surface area contributed by atoms with E-state index in [4.69, 9.17) is 11.6 Å². The van der Waals surface area contributed by atoms with Gasteiger partial charge < -0.3 is 10.6 Å². The molecule has 0 unspecified atom stereocenters. The summed E-state index contributed by atoms with van der Waals surface area (Å²) >= 11 is 5.76. The summed E-state index contributed by atoms with van der Waals surface area (Å²) < 4.78 is 0. The number of carbonyl (C=O) groups excluding carboxylic acids is 2. The van der Waals surface area contributed by atoms with Crippen LogP contribution >= 0.6 is 11.6 Å². The minimum Gasteiger partial charge on any atom is -0.349 e. The zero-order valence-electron chi connectivity index (χ0n) is 14.8. The van der Waals surface area contributed by atoms with Gasteiger partial charge in [0.25, 0.3) is 11.6 Å².